The van der Waals surface area contributed by atoms with Gasteiger partial charge in [-0.2, -0.15) is 0 Å². The predicted octanol–water partition coefficient (Wildman–Crippen LogP) is 6.27. The molecule has 3 aromatic carbocycles. The highest BCUT2D eigenvalue weighted by Crippen LogP contribution is 2.29. The Balaban J connectivity index is 1.95. The standard InChI is InChI=1S/C30H35Cl2N3O5S/c1-6-27(29(37)33-30(2,3)4)34(19-24-25(31)13-10-14-26(24)32)28(36)20-35(41(5,38)39)21-15-17-23(18-16-21)40-22-11-8-7-9-12-22/h7-18,27H,6,19-20H2,1-5H3,(H,33,37)/t27-/m0/s1. The third-order valence-corrected chi connectivity index (χ3v) is 7.91. The van der Waals surface area contributed by atoms with E-state index in [1.807, 2.05) is 39.0 Å². The van der Waals surface area contributed by atoms with Crippen LogP contribution in [-0.4, -0.2) is 49.5 Å². The second kappa shape index (κ2) is 13.6. The fraction of sp³-hybridized carbons (Fsp3) is 0.333. The summed E-state index contributed by atoms with van der Waals surface area (Å²) in [6.45, 7) is 6.66. The van der Waals surface area contributed by atoms with Crippen LogP contribution in [0.1, 0.15) is 39.7 Å². The molecular formula is C30H35Cl2N3O5S. The number of nitrogens with one attached hydrogen (secondary N) is 1. The lowest BCUT2D eigenvalue weighted by molar-refractivity contribution is -0.141. The van der Waals surface area contributed by atoms with Gasteiger partial charge in [0.1, 0.15) is 24.1 Å². The summed E-state index contributed by atoms with van der Waals surface area (Å²) < 4.78 is 32.6. The molecule has 0 spiro atoms. The number of amides is 2. The van der Waals surface area contributed by atoms with E-state index in [1.165, 1.54) is 4.90 Å². The third kappa shape index (κ3) is 9.11. The molecule has 0 fully saturated rings. The van der Waals surface area contributed by atoms with Crippen LogP contribution in [0.2, 0.25) is 10.0 Å². The van der Waals surface area contributed by atoms with Crippen molar-refractivity contribution in [1.82, 2.24) is 10.2 Å². The van der Waals surface area contributed by atoms with Gasteiger partial charge >= 0.3 is 0 Å². The van der Waals surface area contributed by atoms with Gasteiger partial charge < -0.3 is 15.0 Å². The second-order valence-electron chi connectivity index (χ2n) is 10.6. The Kier molecular flexibility index (Phi) is 10.7. The Morgan fingerprint density at radius 3 is 1.98 bits per heavy atom. The zero-order chi connectivity index (χ0) is 30.4. The lowest BCUT2D eigenvalue weighted by Gasteiger charge is -2.34. The maximum atomic E-state index is 13.9. The van der Waals surface area contributed by atoms with Crippen LogP contribution in [0, 0.1) is 0 Å². The van der Waals surface area contributed by atoms with Crippen molar-refractivity contribution >= 4 is 50.7 Å². The molecule has 0 aromatic heterocycles. The molecule has 11 heteroatoms. The minimum atomic E-state index is -3.90. The van der Waals surface area contributed by atoms with Crippen molar-refractivity contribution in [3.63, 3.8) is 0 Å². The van der Waals surface area contributed by atoms with Gasteiger partial charge in [0.15, 0.2) is 0 Å². The molecule has 1 N–H and O–H groups in total. The summed E-state index contributed by atoms with van der Waals surface area (Å²) in [5.41, 5.74) is 0.174. The molecule has 0 heterocycles. The van der Waals surface area contributed by atoms with Crippen molar-refractivity contribution in [2.45, 2.75) is 52.2 Å². The number of halogens is 2. The lowest BCUT2D eigenvalue weighted by atomic mass is 10.1. The Labute approximate surface area is 252 Å². The van der Waals surface area contributed by atoms with Crippen LogP contribution in [-0.2, 0) is 26.2 Å². The number of rotatable bonds is 11. The van der Waals surface area contributed by atoms with Crippen LogP contribution in [0.4, 0.5) is 5.69 Å². The first-order chi connectivity index (χ1) is 19.2. The highest BCUT2D eigenvalue weighted by atomic mass is 35.5. The molecule has 0 saturated heterocycles. The van der Waals surface area contributed by atoms with Gasteiger partial charge in [-0.25, -0.2) is 8.42 Å². The number of carbonyl (C=O) groups is 2. The van der Waals surface area contributed by atoms with Crippen molar-refractivity contribution < 1.29 is 22.7 Å². The number of para-hydroxylation sites is 1. The number of ether oxygens (including phenoxy) is 1. The van der Waals surface area contributed by atoms with Crippen LogP contribution in [0.3, 0.4) is 0 Å². The molecule has 8 nitrogen and oxygen atoms in total. The summed E-state index contributed by atoms with van der Waals surface area (Å²) in [5, 5.41) is 3.58. The number of sulfonamides is 1. The minimum Gasteiger partial charge on any atom is -0.457 e. The van der Waals surface area contributed by atoms with Crippen molar-refractivity contribution in [1.29, 1.82) is 0 Å². The van der Waals surface area contributed by atoms with Gasteiger partial charge in [0.05, 0.1) is 11.9 Å². The van der Waals surface area contributed by atoms with E-state index in [-0.39, 0.29) is 24.6 Å². The number of benzene rings is 3. The highest BCUT2D eigenvalue weighted by Gasteiger charge is 2.33. The highest BCUT2D eigenvalue weighted by molar-refractivity contribution is 7.92. The molecule has 1 atom stereocenters. The molecule has 41 heavy (non-hydrogen) atoms. The zero-order valence-corrected chi connectivity index (χ0v) is 26.1. The molecule has 0 aliphatic heterocycles. The zero-order valence-electron chi connectivity index (χ0n) is 23.7. The quantitative estimate of drug-likeness (QED) is 0.273. The number of hydrogen-bond acceptors (Lipinski definition) is 5. The van der Waals surface area contributed by atoms with Gasteiger partial charge in [-0.3, -0.25) is 13.9 Å². The fourth-order valence-electron chi connectivity index (χ4n) is 4.14. The Hall–Kier alpha value is -3.27. The van der Waals surface area contributed by atoms with Crippen molar-refractivity contribution in [3.05, 3.63) is 88.4 Å². The molecular weight excluding hydrogens is 585 g/mol. The maximum Gasteiger partial charge on any atom is 0.244 e. The molecule has 3 rings (SSSR count). The lowest BCUT2D eigenvalue weighted by Crippen LogP contribution is -2.55. The number of carbonyl (C=O) groups excluding carboxylic acids is 2. The summed E-state index contributed by atoms with van der Waals surface area (Å²) in [4.78, 5) is 28.6. The van der Waals surface area contributed by atoms with Crippen LogP contribution >= 0.6 is 23.2 Å². The van der Waals surface area contributed by atoms with Crippen LogP contribution in [0.15, 0.2) is 72.8 Å². The van der Waals surface area contributed by atoms with Crippen molar-refractivity contribution in [2.75, 3.05) is 17.1 Å². The summed E-state index contributed by atoms with van der Waals surface area (Å²) in [7, 11) is -3.90. The Morgan fingerprint density at radius 1 is 0.902 bits per heavy atom. The summed E-state index contributed by atoms with van der Waals surface area (Å²) in [6, 6.07) is 19.6. The van der Waals surface area contributed by atoms with Gasteiger partial charge in [0, 0.05) is 27.7 Å². The van der Waals surface area contributed by atoms with Crippen LogP contribution < -0.4 is 14.4 Å². The number of anilines is 1. The van der Waals surface area contributed by atoms with Gasteiger partial charge in [-0.05, 0) is 75.7 Å². The molecule has 220 valence electrons. The monoisotopic (exact) mass is 619 g/mol. The topological polar surface area (TPSA) is 96.0 Å². The molecule has 0 bridgehead atoms. The first-order valence-corrected chi connectivity index (χ1v) is 15.6. The van der Waals surface area contributed by atoms with E-state index in [1.54, 1.807) is 61.5 Å². The van der Waals surface area contributed by atoms with Gasteiger partial charge in [0.2, 0.25) is 21.8 Å². The van der Waals surface area contributed by atoms with E-state index in [0.717, 1.165) is 10.6 Å². The largest absolute Gasteiger partial charge is 0.457 e. The summed E-state index contributed by atoms with van der Waals surface area (Å²) in [5.74, 6) is 0.166. The van der Waals surface area contributed by atoms with Gasteiger partial charge in [-0.15, -0.1) is 0 Å². The minimum absolute atomic E-state index is 0.0884. The first-order valence-electron chi connectivity index (χ1n) is 13.0. The van der Waals surface area contributed by atoms with Gasteiger partial charge in [0.25, 0.3) is 0 Å². The molecule has 2 amide bonds. The number of hydrogen-bond donors (Lipinski definition) is 1. The van der Waals surface area contributed by atoms with E-state index >= 15 is 0 Å². The van der Waals surface area contributed by atoms with Crippen molar-refractivity contribution in [2.24, 2.45) is 0 Å². The van der Waals surface area contributed by atoms with E-state index in [4.69, 9.17) is 27.9 Å². The molecule has 0 saturated carbocycles. The van der Waals surface area contributed by atoms with Crippen LogP contribution in [0.25, 0.3) is 0 Å². The molecule has 0 aliphatic carbocycles. The van der Waals surface area contributed by atoms with E-state index in [9.17, 15) is 18.0 Å². The Morgan fingerprint density at radius 2 is 1.46 bits per heavy atom. The third-order valence-electron chi connectivity index (χ3n) is 6.06. The summed E-state index contributed by atoms with van der Waals surface area (Å²) >= 11 is 12.8. The summed E-state index contributed by atoms with van der Waals surface area (Å²) in [6.07, 6.45) is 1.30. The molecule has 0 unspecified atom stereocenters. The Bertz CT molecular complexity index is 1440. The molecule has 3 aromatic rings. The normalized spacial score (nSPS) is 12.4. The average Bonchev–Trinajstić information content (AvgIpc) is 2.88. The number of nitrogens with zero attached hydrogens (tertiary/aromatic N) is 2. The van der Waals surface area contributed by atoms with E-state index in [0.29, 0.717) is 27.1 Å². The van der Waals surface area contributed by atoms with Crippen molar-refractivity contribution in [3.8, 4) is 11.5 Å². The van der Waals surface area contributed by atoms with E-state index < -0.39 is 34.1 Å². The second-order valence-corrected chi connectivity index (χ2v) is 13.3. The average molecular weight is 621 g/mol. The van der Waals surface area contributed by atoms with Crippen LogP contribution in [0.5, 0.6) is 11.5 Å². The SMILES string of the molecule is CC[C@@H](C(=O)NC(C)(C)C)N(Cc1c(Cl)cccc1Cl)C(=O)CN(c1ccc(Oc2ccccc2)cc1)S(C)(=O)=O. The fourth-order valence-corrected chi connectivity index (χ4v) is 5.51. The van der Waals surface area contributed by atoms with E-state index in [2.05, 4.69) is 5.32 Å². The predicted molar refractivity (Wildman–Crippen MR) is 164 cm³/mol. The molecule has 0 radical (unpaired) electrons. The smallest absolute Gasteiger partial charge is 0.244 e. The maximum absolute atomic E-state index is 13.9. The molecule has 0 aliphatic rings. The van der Waals surface area contributed by atoms with Gasteiger partial charge in [-0.1, -0.05) is 54.4 Å². The first kappa shape index (κ1) is 32.2.